The van der Waals surface area contributed by atoms with Gasteiger partial charge in [0.1, 0.15) is 5.78 Å². The molecule has 1 aromatic carbocycles. The van der Waals surface area contributed by atoms with Gasteiger partial charge in [0.05, 0.1) is 5.56 Å². The van der Waals surface area contributed by atoms with Gasteiger partial charge in [-0.2, -0.15) is 13.2 Å². The number of carbonyl (C=O) groups is 2. The number of piperidine rings is 1. The highest BCUT2D eigenvalue weighted by Crippen LogP contribution is 2.31. The van der Waals surface area contributed by atoms with Crippen LogP contribution < -0.4 is 5.32 Å². The van der Waals surface area contributed by atoms with E-state index < -0.39 is 11.7 Å². The number of amides is 2. The molecule has 1 heterocycles. The normalized spacial score (nSPS) is 16.4. The van der Waals surface area contributed by atoms with Crippen molar-refractivity contribution in [1.29, 1.82) is 0 Å². The molecule has 2 amide bonds. The van der Waals surface area contributed by atoms with E-state index in [0.29, 0.717) is 38.3 Å². The molecule has 1 aromatic rings. The zero-order valence-electron chi connectivity index (χ0n) is 20.1. The average molecular weight is 470 g/mol. The van der Waals surface area contributed by atoms with Crippen LogP contribution >= 0.6 is 0 Å². The lowest BCUT2D eigenvalue weighted by Gasteiger charge is -2.40. The maximum absolute atomic E-state index is 13.1. The molecule has 0 spiro atoms. The van der Waals surface area contributed by atoms with E-state index in [1.807, 2.05) is 6.92 Å². The smallest absolute Gasteiger partial charge is 0.321 e. The van der Waals surface area contributed by atoms with Crippen molar-refractivity contribution >= 4 is 17.5 Å². The van der Waals surface area contributed by atoms with Crippen molar-refractivity contribution < 1.29 is 22.8 Å². The van der Waals surface area contributed by atoms with Crippen molar-refractivity contribution in [2.75, 3.05) is 25.0 Å². The van der Waals surface area contributed by atoms with Crippen molar-refractivity contribution in [3.05, 3.63) is 29.8 Å². The first-order valence-corrected chi connectivity index (χ1v) is 12.2. The zero-order chi connectivity index (χ0) is 24.4. The van der Waals surface area contributed by atoms with Crippen LogP contribution in [0.5, 0.6) is 0 Å². The molecule has 2 rings (SSSR count). The van der Waals surface area contributed by atoms with Crippen LogP contribution in [0.1, 0.15) is 77.7 Å². The molecule has 0 radical (unpaired) electrons. The topological polar surface area (TPSA) is 52.7 Å². The molecule has 8 heteroatoms. The largest absolute Gasteiger partial charge is 0.416 e. The van der Waals surface area contributed by atoms with E-state index in [2.05, 4.69) is 24.1 Å². The summed E-state index contributed by atoms with van der Waals surface area (Å²) in [5.41, 5.74) is -0.655. The van der Waals surface area contributed by atoms with Gasteiger partial charge in [0.25, 0.3) is 0 Å². The molecule has 0 saturated carbocycles. The van der Waals surface area contributed by atoms with E-state index in [1.165, 1.54) is 12.1 Å². The molecular weight excluding hydrogens is 431 g/mol. The van der Waals surface area contributed by atoms with E-state index in [1.54, 1.807) is 4.90 Å². The maximum Gasteiger partial charge on any atom is 0.416 e. The first-order valence-electron chi connectivity index (χ1n) is 12.2. The fourth-order valence-corrected chi connectivity index (χ4v) is 4.44. The molecule has 1 saturated heterocycles. The number of likely N-dealkylation sites (tertiary alicyclic amines) is 1. The van der Waals surface area contributed by atoms with Gasteiger partial charge in [-0.25, -0.2) is 4.79 Å². The Balaban J connectivity index is 2.05. The van der Waals surface area contributed by atoms with Crippen LogP contribution in [0.3, 0.4) is 0 Å². The summed E-state index contributed by atoms with van der Waals surface area (Å²) in [4.78, 5) is 28.9. The molecular formula is C25H38F3N3O2. The highest BCUT2D eigenvalue weighted by atomic mass is 19.4. The number of nitrogens with one attached hydrogen (secondary N) is 1. The quantitative estimate of drug-likeness (QED) is 0.385. The number of benzene rings is 1. The van der Waals surface area contributed by atoms with Gasteiger partial charge in [-0.1, -0.05) is 26.3 Å². The highest BCUT2D eigenvalue weighted by molar-refractivity contribution is 5.89. The highest BCUT2D eigenvalue weighted by Gasteiger charge is 2.32. The minimum Gasteiger partial charge on any atom is -0.321 e. The van der Waals surface area contributed by atoms with Crippen LogP contribution in [0.4, 0.5) is 23.7 Å². The number of hydrogen-bond acceptors (Lipinski definition) is 3. The molecule has 0 aromatic heterocycles. The summed E-state index contributed by atoms with van der Waals surface area (Å²) < 4.78 is 39.2. The van der Waals surface area contributed by atoms with Gasteiger partial charge in [0, 0.05) is 50.2 Å². The van der Waals surface area contributed by atoms with Gasteiger partial charge in [0.2, 0.25) is 0 Å². The lowest BCUT2D eigenvalue weighted by atomic mass is 10.00. The van der Waals surface area contributed by atoms with Gasteiger partial charge < -0.3 is 15.1 Å². The Morgan fingerprint density at radius 1 is 1.18 bits per heavy atom. The molecule has 1 N–H and O–H groups in total. The van der Waals surface area contributed by atoms with Crippen molar-refractivity contribution in [3.8, 4) is 0 Å². The van der Waals surface area contributed by atoms with Gasteiger partial charge in [-0.3, -0.25) is 4.79 Å². The predicted molar refractivity (Wildman–Crippen MR) is 125 cm³/mol. The third kappa shape index (κ3) is 8.65. The number of anilines is 1. The SMILES string of the molecule is CCCC(C)N1CCC(N(CCCCC(=O)CC)C(=O)Nc2cccc(C(F)(F)F)c2)CC1. The number of unbranched alkanes of at least 4 members (excludes halogenated alkanes) is 1. The predicted octanol–water partition coefficient (Wildman–Crippen LogP) is 6.34. The van der Waals surface area contributed by atoms with Gasteiger partial charge in [-0.15, -0.1) is 0 Å². The number of carbonyl (C=O) groups excluding carboxylic acids is 2. The van der Waals surface area contributed by atoms with Crippen LogP contribution in [0.2, 0.25) is 0 Å². The number of urea groups is 1. The Hall–Kier alpha value is -2.09. The van der Waals surface area contributed by atoms with E-state index in [4.69, 9.17) is 0 Å². The van der Waals surface area contributed by atoms with Crippen LogP contribution in [0.15, 0.2) is 24.3 Å². The molecule has 0 bridgehead atoms. The second-order valence-corrected chi connectivity index (χ2v) is 8.96. The van der Waals surface area contributed by atoms with E-state index in [0.717, 1.165) is 50.9 Å². The third-order valence-corrected chi connectivity index (χ3v) is 6.47. The molecule has 0 aliphatic carbocycles. The van der Waals surface area contributed by atoms with E-state index in [-0.39, 0.29) is 23.5 Å². The second kappa shape index (κ2) is 13.0. The Bertz CT molecular complexity index is 762. The molecule has 1 atom stereocenters. The van der Waals surface area contributed by atoms with E-state index >= 15 is 0 Å². The fraction of sp³-hybridized carbons (Fsp3) is 0.680. The molecule has 186 valence electrons. The van der Waals surface area contributed by atoms with E-state index in [9.17, 15) is 22.8 Å². The van der Waals surface area contributed by atoms with Gasteiger partial charge in [0.15, 0.2) is 0 Å². The number of rotatable bonds is 11. The molecule has 1 aliphatic heterocycles. The van der Waals surface area contributed by atoms with Crippen LogP contribution in [0.25, 0.3) is 0 Å². The molecule has 33 heavy (non-hydrogen) atoms. The van der Waals surface area contributed by atoms with Crippen LogP contribution in [-0.2, 0) is 11.0 Å². The van der Waals surface area contributed by atoms with Crippen LogP contribution in [0, 0.1) is 0 Å². The van der Waals surface area contributed by atoms with Crippen molar-refractivity contribution in [3.63, 3.8) is 0 Å². The van der Waals surface area contributed by atoms with Gasteiger partial charge in [-0.05, 0) is 57.2 Å². The number of halogens is 3. The summed E-state index contributed by atoms with van der Waals surface area (Å²) in [7, 11) is 0. The minimum absolute atomic E-state index is 0.0303. The lowest BCUT2D eigenvalue weighted by Crippen LogP contribution is -2.50. The number of Topliss-reactive ketones (excluding diaryl/α,β-unsaturated/α-hetero) is 1. The fourth-order valence-electron chi connectivity index (χ4n) is 4.44. The zero-order valence-corrected chi connectivity index (χ0v) is 20.1. The third-order valence-electron chi connectivity index (χ3n) is 6.47. The first kappa shape index (κ1) is 27.2. The summed E-state index contributed by atoms with van der Waals surface area (Å²) in [6, 6.07) is 4.88. The van der Waals surface area contributed by atoms with Crippen LogP contribution in [-0.4, -0.2) is 53.3 Å². The summed E-state index contributed by atoms with van der Waals surface area (Å²) in [6.45, 7) is 8.52. The second-order valence-electron chi connectivity index (χ2n) is 8.96. The van der Waals surface area contributed by atoms with Crippen molar-refractivity contribution in [2.45, 2.75) is 90.4 Å². The summed E-state index contributed by atoms with van der Waals surface area (Å²) in [5, 5.41) is 2.67. The number of hydrogen-bond donors (Lipinski definition) is 1. The number of nitrogens with zero attached hydrogens (tertiary/aromatic N) is 2. The summed E-state index contributed by atoms with van der Waals surface area (Å²) in [6.07, 6.45) is 1.85. The molecule has 1 aliphatic rings. The van der Waals surface area contributed by atoms with Crippen molar-refractivity contribution in [1.82, 2.24) is 9.80 Å². The monoisotopic (exact) mass is 469 g/mol. The Morgan fingerprint density at radius 2 is 1.88 bits per heavy atom. The minimum atomic E-state index is -4.46. The van der Waals surface area contributed by atoms with Crippen molar-refractivity contribution in [2.24, 2.45) is 0 Å². The molecule has 1 fully saturated rings. The Labute approximate surface area is 195 Å². The maximum atomic E-state index is 13.1. The Morgan fingerprint density at radius 3 is 2.48 bits per heavy atom. The molecule has 1 unspecified atom stereocenters. The number of ketones is 1. The standard InChI is InChI=1S/C25H38F3N3O2/c1-4-9-19(3)30-16-13-22(14-17-30)31(15-7-6-12-23(32)5-2)24(33)29-21-11-8-10-20(18-21)25(26,27)28/h8,10-11,18-19,22H,4-7,9,12-17H2,1-3H3,(H,29,33). The molecule has 5 nitrogen and oxygen atoms in total. The number of alkyl halides is 3. The average Bonchev–Trinajstić information content (AvgIpc) is 2.78. The Kier molecular flexibility index (Phi) is 10.7. The lowest BCUT2D eigenvalue weighted by molar-refractivity contribution is -0.137. The van der Waals surface area contributed by atoms with Gasteiger partial charge >= 0.3 is 12.2 Å². The summed E-state index contributed by atoms with van der Waals surface area (Å²) in [5.74, 6) is 0.202. The summed E-state index contributed by atoms with van der Waals surface area (Å²) >= 11 is 0. The first-order chi connectivity index (χ1) is 15.7.